The molecule has 0 spiro atoms. The maximum atomic E-state index is 12.7. The molecule has 0 bridgehead atoms. The molecule has 1 aliphatic carbocycles. The number of hydrogen-bond acceptors (Lipinski definition) is 6. The molecule has 2 aromatic carbocycles. The van der Waals surface area contributed by atoms with Crippen molar-refractivity contribution in [3.05, 3.63) is 68.8 Å². The van der Waals surface area contributed by atoms with Gasteiger partial charge < -0.3 is 10.1 Å². The van der Waals surface area contributed by atoms with Crippen LogP contribution in [0.1, 0.15) is 46.3 Å². The molecule has 0 saturated carbocycles. The van der Waals surface area contributed by atoms with Gasteiger partial charge >= 0.3 is 12.1 Å². The van der Waals surface area contributed by atoms with Gasteiger partial charge in [0.25, 0.3) is 11.6 Å². The number of nitrogens with one attached hydrogen (secondary N) is 1. The number of nitro benzene ring substituents is 1. The third kappa shape index (κ3) is 6.15. The maximum absolute atomic E-state index is 12.7. The second kappa shape index (κ2) is 9.80. The summed E-state index contributed by atoms with van der Waals surface area (Å²) < 4.78 is 43.0. The first-order valence-electron chi connectivity index (χ1n) is 10.0. The van der Waals surface area contributed by atoms with Crippen molar-refractivity contribution in [1.82, 2.24) is 0 Å². The zero-order valence-corrected chi connectivity index (χ0v) is 17.2. The Morgan fingerprint density at radius 1 is 1.03 bits per heavy atom. The molecule has 174 valence electrons. The summed E-state index contributed by atoms with van der Waals surface area (Å²) in [4.78, 5) is 46.1. The van der Waals surface area contributed by atoms with Crippen LogP contribution in [0.25, 0.3) is 0 Å². The van der Waals surface area contributed by atoms with Crippen molar-refractivity contribution in [2.45, 2.75) is 38.3 Å². The minimum Gasteiger partial charge on any atom is -0.456 e. The van der Waals surface area contributed by atoms with Gasteiger partial charge in [-0.15, -0.1) is 0 Å². The Hall–Kier alpha value is -3.76. The molecule has 0 fully saturated rings. The standard InChI is InChI=1S/C22H19F3N2O6/c23-22(24,25)16-6-7-17(18(11-16)27(31)32)26-20(29)12-33-21(30)9-8-19(28)15-5-4-13-2-1-3-14(13)10-15/h4-7,10-11H,1-3,8-9,12H2,(H,26,29). The van der Waals surface area contributed by atoms with Crippen molar-refractivity contribution in [3.8, 4) is 0 Å². The summed E-state index contributed by atoms with van der Waals surface area (Å²) in [6.45, 7) is -0.815. The zero-order chi connectivity index (χ0) is 24.2. The number of alkyl halides is 3. The lowest BCUT2D eigenvalue weighted by atomic mass is 10.0. The third-order valence-corrected chi connectivity index (χ3v) is 5.14. The average Bonchev–Trinajstić information content (AvgIpc) is 3.23. The fourth-order valence-corrected chi connectivity index (χ4v) is 3.47. The smallest absolute Gasteiger partial charge is 0.416 e. The van der Waals surface area contributed by atoms with Crippen molar-refractivity contribution >= 4 is 29.0 Å². The van der Waals surface area contributed by atoms with Crippen molar-refractivity contribution in [3.63, 3.8) is 0 Å². The summed E-state index contributed by atoms with van der Waals surface area (Å²) in [5.74, 6) is -2.05. The molecule has 1 N–H and O–H groups in total. The number of halogens is 3. The van der Waals surface area contributed by atoms with Gasteiger partial charge in [-0.2, -0.15) is 13.2 Å². The lowest BCUT2D eigenvalue weighted by Gasteiger charge is -2.10. The van der Waals surface area contributed by atoms with Gasteiger partial charge in [0.15, 0.2) is 12.4 Å². The molecular formula is C22H19F3N2O6. The summed E-state index contributed by atoms with van der Waals surface area (Å²) in [6, 6.07) is 7.06. The number of rotatable bonds is 8. The quantitative estimate of drug-likeness (QED) is 0.270. The zero-order valence-electron chi connectivity index (χ0n) is 17.2. The van der Waals surface area contributed by atoms with E-state index in [1.165, 1.54) is 5.56 Å². The Morgan fingerprint density at radius 2 is 1.76 bits per heavy atom. The molecule has 33 heavy (non-hydrogen) atoms. The van der Waals surface area contributed by atoms with E-state index in [-0.39, 0.29) is 18.6 Å². The molecule has 8 nitrogen and oxygen atoms in total. The summed E-state index contributed by atoms with van der Waals surface area (Å²) in [5, 5.41) is 13.1. The molecule has 0 radical (unpaired) electrons. The van der Waals surface area contributed by atoms with E-state index in [4.69, 9.17) is 4.74 Å². The predicted molar refractivity (Wildman–Crippen MR) is 110 cm³/mol. The minimum absolute atomic E-state index is 0.121. The van der Waals surface area contributed by atoms with E-state index in [1.807, 2.05) is 17.4 Å². The van der Waals surface area contributed by atoms with Crippen LogP contribution in [0, 0.1) is 10.1 Å². The van der Waals surface area contributed by atoms with Crippen LogP contribution in [-0.4, -0.2) is 29.2 Å². The summed E-state index contributed by atoms with van der Waals surface area (Å²) in [7, 11) is 0. The van der Waals surface area contributed by atoms with Crippen LogP contribution in [0.15, 0.2) is 36.4 Å². The third-order valence-electron chi connectivity index (χ3n) is 5.14. The van der Waals surface area contributed by atoms with Gasteiger partial charge in [-0.25, -0.2) is 0 Å². The highest BCUT2D eigenvalue weighted by Gasteiger charge is 2.33. The molecule has 11 heteroatoms. The van der Waals surface area contributed by atoms with Crippen molar-refractivity contribution in [1.29, 1.82) is 0 Å². The number of fused-ring (bicyclic) bond motifs is 1. The van der Waals surface area contributed by atoms with Crippen LogP contribution >= 0.6 is 0 Å². The SMILES string of the molecule is O=C(COC(=O)CCC(=O)c1ccc2c(c1)CCC2)Nc1ccc(C(F)(F)F)cc1[N+](=O)[O-]. The van der Waals surface area contributed by atoms with Gasteiger partial charge in [0, 0.05) is 18.1 Å². The highest BCUT2D eigenvalue weighted by atomic mass is 19.4. The summed E-state index contributed by atoms with van der Waals surface area (Å²) in [6.07, 6.45) is -2.26. The molecule has 0 saturated heterocycles. The molecule has 0 unspecified atom stereocenters. The van der Waals surface area contributed by atoms with Gasteiger partial charge in [-0.05, 0) is 48.6 Å². The average molecular weight is 464 g/mol. The van der Waals surface area contributed by atoms with Crippen LogP contribution in [0.2, 0.25) is 0 Å². The number of nitrogens with zero attached hydrogens (tertiary/aromatic N) is 1. The monoisotopic (exact) mass is 464 g/mol. The van der Waals surface area contributed by atoms with Crippen molar-refractivity contribution in [2.75, 3.05) is 11.9 Å². The second-order valence-electron chi connectivity index (χ2n) is 7.46. The lowest BCUT2D eigenvalue weighted by molar-refractivity contribution is -0.384. The molecule has 0 atom stereocenters. The number of ether oxygens (including phenoxy) is 1. The highest BCUT2D eigenvalue weighted by Crippen LogP contribution is 2.35. The molecule has 2 aromatic rings. The Labute approximate surface area is 185 Å². The molecule has 3 rings (SSSR count). The number of hydrogen-bond donors (Lipinski definition) is 1. The lowest BCUT2D eigenvalue weighted by Crippen LogP contribution is -2.22. The van der Waals surface area contributed by atoms with E-state index in [0.29, 0.717) is 17.7 Å². The Bertz CT molecular complexity index is 1110. The van der Waals surface area contributed by atoms with Gasteiger partial charge in [0.1, 0.15) is 5.69 Å². The highest BCUT2D eigenvalue weighted by molar-refractivity contribution is 5.98. The van der Waals surface area contributed by atoms with E-state index in [0.717, 1.165) is 30.9 Å². The fourth-order valence-electron chi connectivity index (χ4n) is 3.47. The van der Waals surface area contributed by atoms with Crippen LogP contribution in [0.3, 0.4) is 0 Å². The number of aryl methyl sites for hydroxylation is 2. The molecule has 0 heterocycles. The number of carbonyl (C=O) groups is 3. The Kier molecular flexibility index (Phi) is 7.10. The first kappa shape index (κ1) is 23.9. The van der Waals surface area contributed by atoms with E-state index in [1.54, 1.807) is 6.07 Å². The first-order valence-corrected chi connectivity index (χ1v) is 10.0. The van der Waals surface area contributed by atoms with Crippen molar-refractivity contribution < 1.29 is 37.2 Å². The largest absolute Gasteiger partial charge is 0.456 e. The van der Waals surface area contributed by atoms with Crippen molar-refractivity contribution in [2.24, 2.45) is 0 Å². The molecule has 1 amide bonds. The summed E-state index contributed by atoms with van der Waals surface area (Å²) in [5.41, 5.74) is 0.162. The number of carbonyl (C=O) groups excluding carboxylic acids is 3. The number of anilines is 1. The molecule has 0 aliphatic heterocycles. The van der Waals surface area contributed by atoms with E-state index < -0.39 is 46.5 Å². The predicted octanol–water partition coefficient (Wildman–Crippen LogP) is 4.25. The van der Waals surface area contributed by atoms with Crippen LogP contribution in [-0.2, 0) is 33.3 Å². The van der Waals surface area contributed by atoms with Crippen LogP contribution in [0.5, 0.6) is 0 Å². The number of esters is 1. The Balaban J connectivity index is 1.50. The van der Waals surface area contributed by atoms with E-state index in [9.17, 15) is 37.7 Å². The van der Waals surface area contributed by atoms with Gasteiger partial charge in [0.2, 0.25) is 0 Å². The first-order chi connectivity index (χ1) is 15.5. The summed E-state index contributed by atoms with van der Waals surface area (Å²) >= 11 is 0. The molecule has 1 aliphatic rings. The molecule has 0 aromatic heterocycles. The number of Topliss-reactive ketones (excluding diaryl/α,β-unsaturated/α-hetero) is 1. The van der Waals surface area contributed by atoms with Crippen LogP contribution in [0.4, 0.5) is 24.5 Å². The maximum Gasteiger partial charge on any atom is 0.416 e. The topological polar surface area (TPSA) is 116 Å². The van der Waals surface area contributed by atoms with E-state index in [2.05, 4.69) is 0 Å². The van der Waals surface area contributed by atoms with E-state index >= 15 is 0 Å². The van der Waals surface area contributed by atoms with Gasteiger partial charge in [-0.1, -0.05) is 12.1 Å². The Morgan fingerprint density at radius 3 is 2.45 bits per heavy atom. The van der Waals surface area contributed by atoms with Crippen LogP contribution < -0.4 is 5.32 Å². The number of nitro groups is 1. The van der Waals surface area contributed by atoms with Gasteiger partial charge in [-0.3, -0.25) is 24.5 Å². The number of ketones is 1. The van der Waals surface area contributed by atoms with Gasteiger partial charge in [0.05, 0.1) is 16.9 Å². The molecular weight excluding hydrogens is 445 g/mol. The number of amides is 1. The normalized spacial score (nSPS) is 12.7. The second-order valence-corrected chi connectivity index (χ2v) is 7.46. The fraction of sp³-hybridized carbons (Fsp3) is 0.318. The number of benzene rings is 2. The minimum atomic E-state index is -4.79.